The van der Waals surface area contributed by atoms with Crippen molar-refractivity contribution >= 4 is 0 Å². The first-order valence-corrected chi connectivity index (χ1v) is 4.08. The van der Waals surface area contributed by atoms with Crippen molar-refractivity contribution in [3.63, 3.8) is 0 Å². The van der Waals surface area contributed by atoms with Crippen molar-refractivity contribution in [2.45, 2.75) is 26.7 Å². The molecular formula is C10H15. The quantitative estimate of drug-likeness (QED) is 0.546. The van der Waals surface area contributed by atoms with Gasteiger partial charge in [-0.25, -0.2) is 0 Å². The molecule has 1 rings (SSSR count). The van der Waals surface area contributed by atoms with E-state index in [0.29, 0.717) is 0 Å². The van der Waals surface area contributed by atoms with Crippen LogP contribution in [0.5, 0.6) is 0 Å². The maximum atomic E-state index is 3.24. The molecule has 0 spiro atoms. The summed E-state index contributed by atoms with van der Waals surface area (Å²) in [4.78, 5) is 0. The molecule has 1 aliphatic carbocycles. The Morgan fingerprint density at radius 3 is 3.00 bits per heavy atom. The highest BCUT2D eigenvalue weighted by Gasteiger charge is 2.11. The minimum absolute atomic E-state index is 0.745. The van der Waals surface area contributed by atoms with E-state index < -0.39 is 0 Å². The van der Waals surface area contributed by atoms with Crippen LogP contribution in [0.15, 0.2) is 18.2 Å². The standard InChI is InChI=1S/C10H15/c1-3-9(2)10-7-5-4-6-8-10/h4-5,7,9-10H,3,8H2,1-2H3. The van der Waals surface area contributed by atoms with E-state index in [1.807, 2.05) is 6.08 Å². The summed E-state index contributed by atoms with van der Waals surface area (Å²) in [6.45, 7) is 4.55. The van der Waals surface area contributed by atoms with E-state index in [1.165, 1.54) is 6.42 Å². The molecule has 0 aromatic rings. The summed E-state index contributed by atoms with van der Waals surface area (Å²) < 4.78 is 0. The summed E-state index contributed by atoms with van der Waals surface area (Å²) in [5.41, 5.74) is 0. The predicted molar refractivity (Wildman–Crippen MR) is 44.5 cm³/mol. The van der Waals surface area contributed by atoms with Crippen LogP contribution in [-0.4, -0.2) is 0 Å². The van der Waals surface area contributed by atoms with Crippen molar-refractivity contribution in [1.29, 1.82) is 0 Å². The Labute approximate surface area is 63.6 Å². The van der Waals surface area contributed by atoms with Crippen LogP contribution in [-0.2, 0) is 0 Å². The van der Waals surface area contributed by atoms with Crippen molar-refractivity contribution in [2.24, 2.45) is 11.8 Å². The summed E-state index contributed by atoms with van der Waals surface area (Å²) in [5.74, 6) is 1.56. The van der Waals surface area contributed by atoms with Crippen LogP contribution in [0.25, 0.3) is 0 Å². The van der Waals surface area contributed by atoms with Gasteiger partial charge in [0.2, 0.25) is 0 Å². The van der Waals surface area contributed by atoms with Crippen LogP contribution in [0, 0.1) is 17.9 Å². The van der Waals surface area contributed by atoms with Gasteiger partial charge in [0.1, 0.15) is 0 Å². The fourth-order valence-electron chi connectivity index (χ4n) is 1.23. The van der Waals surface area contributed by atoms with Crippen LogP contribution >= 0.6 is 0 Å². The molecule has 0 N–H and O–H groups in total. The summed E-state index contributed by atoms with van der Waals surface area (Å²) in [6.07, 6.45) is 12.0. The molecule has 0 aromatic heterocycles. The minimum atomic E-state index is 0.745. The van der Waals surface area contributed by atoms with Crippen LogP contribution in [0.4, 0.5) is 0 Å². The van der Waals surface area contributed by atoms with Gasteiger partial charge in [0, 0.05) is 0 Å². The summed E-state index contributed by atoms with van der Waals surface area (Å²) >= 11 is 0. The largest absolute Gasteiger partial charge is 0.0808 e. The Bertz CT molecular complexity index is 142. The topological polar surface area (TPSA) is 0 Å². The Hall–Kier alpha value is -0.520. The lowest BCUT2D eigenvalue weighted by Crippen LogP contribution is -2.08. The monoisotopic (exact) mass is 135 g/mol. The number of hydrogen-bond acceptors (Lipinski definition) is 0. The van der Waals surface area contributed by atoms with Crippen LogP contribution in [0.1, 0.15) is 26.7 Å². The van der Waals surface area contributed by atoms with E-state index in [1.54, 1.807) is 0 Å². The van der Waals surface area contributed by atoms with Gasteiger partial charge >= 0.3 is 0 Å². The second kappa shape index (κ2) is 3.60. The van der Waals surface area contributed by atoms with Gasteiger partial charge in [-0.1, -0.05) is 38.5 Å². The molecule has 0 fully saturated rings. The van der Waals surface area contributed by atoms with E-state index in [0.717, 1.165) is 18.3 Å². The van der Waals surface area contributed by atoms with Gasteiger partial charge in [-0.3, -0.25) is 0 Å². The first-order chi connectivity index (χ1) is 4.84. The smallest absolute Gasteiger partial charge is 0.0164 e. The molecule has 0 aromatic carbocycles. The molecule has 0 heteroatoms. The lowest BCUT2D eigenvalue weighted by atomic mass is 9.87. The highest BCUT2D eigenvalue weighted by molar-refractivity contribution is 5.08. The summed E-state index contributed by atoms with van der Waals surface area (Å²) in [6, 6.07) is 0. The number of hydrogen-bond donors (Lipinski definition) is 0. The van der Waals surface area contributed by atoms with Crippen molar-refractivity contribution in [2.75, 3.05) is 0 Å². The zero-order valence-corrected chi connectivity index (χ0v) is 6.80. The molecule has 2 atom stereocenters. The zero-order chi connectivity index (χ0) is 7.40. The van der Waals surface area contributed by atoms with Gasteiger partial charge in [0.05, 0.1) is 0 Å². The average molecular weight is 135 g/mol. The van der Waals surface area contributed by atoms with Gasteiger partial charge in [-0.05, 0) is 24.3 Å². The average Bonchev–Trinajstić information content (AvgIpc) is 2.05. The molecule has 0 saturated heterocycles. The lowest BCUT2D eigenvalue weighted by molar-refractivity contribution is 0.414. The van der Waals surface area contributed by atoms with Crippen LogP contribution in [0.3, 0.4) is 0 Å². The van der Waals surface area contributed by atoms with Gasteiger partial charge in [0.15, 0.2) is 0 Å². The molecular weight excluding hydrogens is 120 g/mol. The molecule has 0 saturated carbocycles. The van der Waals surface area contributed by atoms with E-state index in [-0.39, 0.29) is 0 Å². The van der Waals surface area contributed by atoms with Crippen LogP contribution < -0.4 is 0 Å². The maximum Gasteiger partial charge on any atom is -0.0164 e. The van der Waals surface area contributed by atoms with Gasteiger partial charge in [-0.2, -0.15) is 0 Å². The third-order valence-corrected chi connectivity index (χ3v) is 2.30. The molecule has 2 unspecified atom stereocenters. The highest BCUT2D eigenvalue weighted by Crippen LogP contribution is 2.22. The molecule has 1 aliphatic rings. The lowest BCUT2D eigenvalue weighted by Gasteiger charge is -2.18. The Morgan fingerprint density at radius 2 is 2.50 bits per heavy atom. The Balaban J connectivity index is 2.42. The van der Waals surface area contributed by atoms with Crippen molar-refractivity contribution < 1.29 is 0 Å². The van der Waals surface area contributed by atoms with E-state index in [2.05, 4.69) is 32.1 Å². The van der Waals surface area contributed by atoms with E-state index in [4.69, 9.17) is 0 Å². The van der Waals surface area contributed by atoms with Gasteiger partial charge in [0.25, 0.3) is 0 Å². The first kappa shape index (κ1) is 7.59. The molecule has 0 amide bonds. The van der Waals surface area contributed by atoms with E-state index in [9.17, 15) is 0 Å². The second-order valence-corrected chi connectivity index (χ2v) is 3.01. The third-order valence-electron chi connectivity index (χ3n) is 2.30. The second-order valence-electron chi connectivity index (χ2n) is 3.01. The summed E-state index contributed by atoms with van der Waals surface area (Å²) in [7, 11) is 0. The van der Waals surface area contributed by atoms with Gasteiger partial charge in [-0.15, -0.1) is 0 Å². The first-order valence-electron chi connectivity index (χ1n) is 4.08. The maximum absolute atomic E-state index is 3.24. The molecule has 0 aliphatic heterocycles. The van der Waals surface area contributed by atoms with Crippen LogP contribution in [0.2, 0.25) is 0 Å². The Kier molecular flexibility index (Phi) is 2.73. The molecule has 0 heterocycles. The fraction of sp³-hybridized carbons (Fsp3) is 0.600. The number of rotatable bonds is 2. The van der Waals surface area contributed by atoms with E-state index >= 15 is 0 Å². The zero-order valence-electron chi connectivity index (χ0n) is 6.80. The number of allylic oxidation sites excluding steroid dienone is 4. The Morgan fingerprint density at radius 1 is 1.70 bits per heavy atom. The van der Waals surface area contributed by atoms with Crippen molar-refractivity contribution in [3.8, 4) is 0 Å². The molecule has 0 nitrogen and oxygen atoms in total. The fourth-order valence-corrected chi connectivity index (χ4v) is 1.23. The van der Waals surface area contributed by atoms with Crippen molar-refractivity contribution in [3.05, 3.63) is 24.3 Å². The normalized spacial score (nSPS) is 26.8. The van der Waals surface area contributed by atoms with Gasteiger partial charge < -0.3 is 0 Å². The summed E-state index contributed by atoms with van der Waals surface area (Å²) in [5, 5.41) is 0. The molecule has 0 bridgehead atoms. The van der Waals surface area contributed by atoms with Crippen molar-refractivity contribution in [1.82, 2.24) is 0 Å². The predicted octanol–water partition coefficient (Wildman–Crippen LogP) is 2.97. The minimum Gasteiger partial charge on any atom is -0.0808 e. The molecule has 1 radical (unpaired) electrons. The molecule has 10 heavy (non-hydrogen) atoms. The third kappa shape index (κ3) is 1.73. The SMILES string of the molecule is CCC(C)C1C=CC=[C]C1. The highest BCUT2D eigenvalue weighted by atomic mass is 14.2. The molecule has 55 valence electrons.